The lowest BCUT2D eigenvalue weighted by molar-refractivity contribution is 0.288. The van der Waals surface area contributed by atoms with Gasteiger partial charge in [-0.3, -0.25) is 4.57 Å². The minimum Gasteiger partial charge on any atom is -0.490 e. The highest BCUT2D eigenvalue weighted by molar-refractivity contribution is 6.35. The van der Waals surface area contributed by atoms with E-state index in [1.165, 1.54) is 15.6 Å². The lowest BCUT2D eigenvalue weighted by Gasteiger charge is -2.07. The summed E-state index contributed by atoms with van der Waals surface area (Å²) in [6.07, 6.45) is 1.46. The van der Waals surface area contributed by atoms with Gasteiger partial charge in [-0.1, -0.05) is 23.2 Å². The summed E-state index contributed by atoms with van der Waals surface area (Å²) in [7, 11) is 1.64. The summed E-state index contributed by atoms with van der Waals surface area (Å²) in [5, 5.41) is 4.91. The molecule has 96 valence electrons. The molecule has 0 radical (unpaired) electrons. The SMILES string of the molecule is Cn1cnn(CCOc2ccc(Cl)cc2Cl)c1=O. The number of halogens is 2. The normalized spacial score (nSPS) is 10.6. The Labute approximate surface area is 114 Å². The van der Waals surface area contributed by atoms with Crippen LogP contribution < -0.4 is 10.4 Å². The average molecular weight is 288 g/mol. The van der Waals surface area contributed by atoms with Crippen molar-refractivity contribution < 1.29 is 4.74 Å². The van der Waals surface area contributed by atoms with Gasteiger partial charge in [0.25, 0.3) is 0 Å². The van der Waals surface area contributed by atoms with Crippen LogP contribution in [0.5, 0.6) is 5.75 Å². The molecule has 0 saturated carbocycles. The summed E-state index contributed by atoms with van der Waals surface area (Å²) >= 11 is 11.7. The molecule has 1 aromatic heterocycles. The first-order valence-corrected chi connectivity index (χ1v) is 6.00. The van der Waals surface area contributed by atoms with E-state index in [2.05, 4.69) is 5.10 Å². The van der Waals surface area contributed by atoms with Crippen molar-refractivity contribution >= 4 is 23.2 Å². The second kappa shape index (κ2) is 5.46. The molecular formula is C11H11Cl2N3O2. The molecule has 2 rings (SSSR count). The van der Waals surface area contributed by atoms with Gasteiger partial charge in [-0.05, 0) is 18.2 Å². The predicted molar refractivity (Wildman–Crippen MR) is 69.4 cm³/mol. The number of aryl methyl sites for hydroxylation is 1. The molecule has 0 aliphatic heterocycles. The molecule has 0 saturated heterocycles. The lowest BCUT2D eigenvalue weighted by atomic mass is 10.3. The Balaban J connectivity index is 1.96. The molecule has 0 amide bonds. The van der Waals surface area contributed by atoms with Crippen molar-refractivity contribution in [1.82, 2.24) is 14.3 Å². The molecule has 0 unspecified atom stereocenters. The zero-order valence-electron chi connectivity index (χ0n) is 9.64. The van der Waals surface area contributed by atoms with E-state index in [4.69, 9.17) is 27.9 Å². The summed E-state index contributed by atoms with van der Waals surface area (Å²) in [5.41, 5.74) is -0.180. The molecule has 1 aromatic carbocycles. The molecule has 0 fully saturated rings. The molecule has 0 spiro atoms. The van der Waals surface area contributed by atoms with Crippen molar-refractivity contribution in [3.63, 3.8) is 0 Å². The van der Waals surface area contributed by atoms with Crippen LogP contribution in [-0.4, -0.2) is 21.0 Å². The van der Waals surface area contributed by atoms with Gasteiger partial charge >= 0.3 is 5.69 Å². The highest BCUT2D eigenvalue weighted by Crippen LogP contribution is 2.27. The quantitative estimate of drug-likeness (QED) is 0.864. The monoisotopic (exact) mass is 287 g/mol. The van der Waals surface area contributed by atoms with Crippen LogP contribution in [0.1, 0.15) is 0 Å². The number of hydrogen-bond acceptors (Lipinski definition) is 3. The standard InChI is InChI=1S/C11H11Cl2N3O2/c1-15-7-14-16(11(15)17)4-5-18-10-3-2-8(12)6-9(10)13/h2-3,6-7H,4-5H2,1H3. The summed E-state index contributed by atoms with van der Waals surface area (Å²) in [6, 6.07) is 4.98. The van der Waals surface area contributed by atoms with Gasteiger partial charge in [-0.25, -0.2) is 9.48 Å². The molecule has 2 aromatic rings. The molecule has 0 atom stereocenters. The molecule has 5 nitrogen and oxygen atoms in total. The second-order valence-electron chi connectivity index (χ2n) is 3.67. The third-order valence-corrected chi connectivity index (χ3v) is 2.87. The van der Waals surface area contributed by atoms with Crippen molar-refractivity contribution in [2.45, 2.75) is 6.54 Å². The topological polar surface area (TPSA) is 49.0 Å². The van der Waals surface area contributed by atoms with Crippen LogP contribution in [0, 0.1) is 0 Å². The van der Waals surface area contributed by atoms with Gasteiger partial charge in [0.05, 0.1) is 11.6 Å². The van der Waals surface area contributed by atoms with E-state index in [9.17, 15) is 4.79 Å². The van der Waals surface area contributed by atoms with Crippen LogP contribution in [0.4, 0.5) is 0 Å². The zero-order valence-corrected chi connectivity index (χ0v) is 11.1. The highest BCUT2D eigenvalue weighted by Gasteiger charge is 2.04. The maximum absolute atomic E-state index is 11.5. The van der Waals surface area contributed by atoms with Crippen molar-refractivity contribution in [2.24, 2.45) is 7.05 Å². The third kappa shape index (κ3) is 2.86. The summed E-state index contributed by atoms with van der Waals surface area (Å²) in [4.78, 5) is 11.5. The Morgan fingerprint density at radius 1 is 1.39 bits per heavy atom. The number of hydrogen-bond donors (Lipinski definition) is 0. The van der Waals surface area contributed by atoms with Crippen molar-refractivity contribution in [3.8, 4) is 5.75 Å². The fourth-order valence-corrected chi connectivity index (χ4v) is 1.87. The van der Waals surface area contributed by atoms with Crippen LogP contribution >= 0.6 is 23.2 Å². The largest absolute Gasteiger partial charge is 0.490 e. The lowest BCUT2D eigenvalue weighted by Crippen LogP contribution is -2.25. The van der Waals surface area contributed by atoms with Gasteiger partial charge in [0.1, 0.15) is 18.7 Å². The summed E-state index contributed by atoms with van der Waals surface area (Å²) < 4.78 is 8.18. The zero-order chi connectivity index (χ0) is 13.1. The molecule has 7 heteroatoms. The van der Waals surface area contributed by atoms with E-state index < -0.39 is 0 Å². The van der Waals surface area contributed by atoms with E-state index in [1.807, 2.05) is 0 Å². The van der Waals surface area contributed by atoms with E-state index in [0.29, 0.717) is 28.9 Å². The van der Waals surface area contributed by atoms with Crippen molar-refractivity contribution in [1.29, 1.82) is 0 Å². The molecule has 0 aliphatic carbocycles. The van der Waals surface area contributed by atoms with Gasteiger partial charge in [-0.15, -0.1) is 0 Å². The van der Waals surface area contributed by atoms with Crippen LogP contribution in [0.3, 0.4) is 0 Å². The summed E-state index contributed by atoms with van der Waals surface area (Å²) in [5.74, 6) is 0.532. The van der Waals surface area contributed by atoms with Crippen LogP contribution in [0.2, 0.25) is 10.0 Å². The smallest absolute Gasteiger partial charge is 0.345 e. The first-order chi connectivity index (χ1) is 8.58. The van der Waals surface area contributed by atoms with Crippen LogP contribution in [0.15, 0.2) is 29.3 Å². The fourth-order valence-electron chi connectivity index (χ4n) is 1.41. The first kappa shape index (κ1) is 13.0. The maximum atomic E-state index is 11.5. The van der Waals surface area contributed by atoms with E-state index >= 15 is 0 Å². The minimum atomic E-state index is -0.180. The Hall–Kier alpha value is -1.46. The van der Waals surface area contributed by atoms with Gasteiger partial charge in [-0.2, -0.15) is 5.10 Å². The van der Waals surface area contributed by atoms with E-state index in [-0.39, 0.29) is 5.69 Å². The van der Waals surface area contributed by atoms with Gasteiger partial charge in [0, 0.05) is 12.1 Å². The van der Waals surface area contributed by atoms with Crippen molar-refractivity contribution in [2.75, 3.05) is 6.61 Å². The van der Waals surface area contributed by atoms with Gasteiger partial charge < -0.3 is 4.74 Å². The van der Waals surface area contributed by atoms with Gasteiger partial charge in [0.2, 0.25) is 0 Å². The summed E-state index contributed by atoms with van der Waals surface area (Å²) in [6.45, 7) is 0.664. The molecular weight excluding hydrogens is 277 g/mol. The van der Waals surface area contributed by atoms with Gasteiger partial charge in [0.15, 0.2) is 0 Å². The number of nitrogens with zero attached hydrogens (tertiary/aromatic N) is 3. The number of ether oxygens (including phenoxy) is 1. The Morgan fingerprint density at radius 2 is 2.17 bits per heavy atom. The Kier molecular flexibility index (Phi) is 3.93. The minimum absolute atomic E-state index is 0.180. The fraction of sp³-hybridized carbons (Fsp3) is 0.273. The first-order valence-electron chi connectivity index (χ1n) is 5.24. The van der Waals surface area contributed by atoms with E-state index in [0.717, 1.165) is 0 Å². The Bertz CT molecular complexity index is 607. The molecule has 1 heterocycles. The average Bonchev–Trinajstić information content (AvgIpc) is 2.64. The van der Waals surface area contributed by atoms with Crippen LogP contribution in [-0.2, 0) is 13.6 Å². The van der Waals surface area contributed by atoms with Crippen LogP contribution in [0.25, 0.3) is 0 Å². The van der Waals surface area contributed by atoms with E-state index in [1.54, 1.807) is 25.2 Å². The highest BCUT2D eigenvalue weighted by atomic mass is 35.5. The molecule has 0 bridgehead atoms. The third-order valence-electron chi connectivity index (χ3n) is 2.34. The number of benzene rings is 1. The molecule has 0 aliphatic rings. The van der Waals surface area contributed by atoms with Crippen molar-refractivity contribution in [3.05, 3.63) is 45.1 Å². The molecule has 18 heavy (non-hydrogen) atoms. The predicted octanol–water partition coefficient (Wildman–Crippen LogP) is 1.97. The second-order valence-corrected chi connectivity index (χ2v) is 4.51. The Morgan fingerprint density at radius 3 is 2.78 bits per heavy atom. The maximum Gasteiger partial charge on any atom is 0.345 e. The molecule has 0 N–H and O–H groups in total. The number of aromatic nitrogens is 3. The number of rotatable bonds is 4.